The maximum absolute atomic E-state index is 3.96. The van der Waals surface area contributed by atoms with E-state index in [4.69, 9.17) is 0 Å². The lowest BCUT2D eigenvalue weighted by atomic mass is 9.93. The number of rotatable bonds is 0. The van der Waals surface area contributed by atoms with Crippen LogP contribution >= 0.6 is 0 Å². The zero-order chi connectivity index (χ0) is 5.56. The predicted molar refractivity (Wildman–Crippen MR) is 31.3 cm³/mol. The summed E-state index contributed by atoms with van der Waals surface area (Å²) in [4.78, 5) is 1.47. The largest absolute Gasteiger partial charge is 0.463 e. The van der Waals surface area contributed by atoms with Gasteiger partial charge in [-0.3, -0.25) is 0 Å². The fourth-order valence-corrected chi connectivity index (χ4v) is 1.75. The third kappa shape index (κ3) is 0.446. The number of nitrogens with one attached hydrogen (secondary N) is 2. The SMILES string of the molecule is [CH2-][NH+]1C[C@H]2CNC[C@H]21. The molecule has 0 aliphatic carbocycles. The summed E-state index contributed by atoms with van der Waals surface area (Å²) in [6, 6.07) is 0.856. The second kappa shape index (κ2) is 1.45. The highest BCUT2D eigenvalue weighted by atomic mass is 15.3. The Hall–Kier alpha value is -0.0800. The number of quaternary nitrogens is 1. The van der Waals surface area contributed by atoms with Crippen LogP contribution < -0.4 is 10.2 Å². The molecule has 2 saturated heterocycles. The molecule has 8 heavy (non-hydrogen) atoms. The first-order valence-corrected chi connectivity index (χ1v) is 3.26. The Bertz CT molecular complexity index is 103. The van der Waals surface area contributed by atoms with Crippen LogP contribution in [0.5, 0.6) is 0 Å². The van der Waals surface area contributed by atoms with Gasteiger partial charge in [0, 0.05) is 13.1 Å². The van der Waals surface area contributed by atoms with E-state index in [0.29, 0.717) is 0 Å². The Morgan fingerprint density at radius 2 is 2.38 bits per heavy atom. The van der Waals surface area contributed by atoms with Crippen molar-refractivity contribution in [1.29, 1.82) is 0 Å². The molecule has 46 valence electrons. The quantitative estimate of drug-likeness (QED) is 0.356. The van der Waals surface area contributed by atoms with Gasteiger partial charge in [-0.25, -0.2) is 0 Å². The molecule has 2 heteroatoms. The maximum Gasteiger partial charge on any atom is 0.0856 e. The Balaban J connectivity index is 2.02. The topological polar surface area (TPSA) is 16.5 Å². The normalized spacial score (nSPS) is 52.9. The molecular weight excluding hydrogens is 100 g/mol. The summed E-state index contributed by atoms with van der Waals surface area (Å²) < 4.78 is 0. The minimum Gasteiger partial charge on any atom is -0.463 e. The smallest absolute Gasteiger partial charge is 0.0856 e. The highest BCUT2D eigenvalue weighted by Crippen LogP contribution is 2.10. The van der Waals surface area contributed by atoms with Crippen LogP contribution in [0, 0.1) is 13.0 Å². The average molecular weight is 112 g/mol. The summed E-state index contributed by atoms with van der Waals surface area (Å²) >= 11 is 0. The van der Waals surface area contributed by atoms with Crippen molar-refractivity contribution in [2.45, 2.75) is 6.04 Å². The van der Waals surface area contributed by atoms with E-state index in [-0.39, 0.29) is 0 Å². The standard InChI is InChI=1S/C6H12N2/c1-8-4-5-2-7-3-6(5)8/h5-8H,1-4H2/t5-,6-/m1/s1. The fraction of sp³-hybridized carbons (Fsp3) is 0.833. The van der Waals surface area contributed by atoms with E-state index in [9.17, 15) is 0 Å². The molecule has 2 aliphatic heterocycles. The Morgan fingerprint density at radius 1 is 1.50 bits per heavy atom. The molecule has 2 fully saturated rings. The number of hydrogen-bond acceptors (Lipinski definition) is 1. The van der Waals surface area contributed by atoms with Gasteiger partial charge in [0.25, 0.3) is 0 Å². The molecule has 2 rings (SSSR count). The van der Waals surface area contributed by atoms with Crippen LogP contribution in [-0.4, -0.2) is 25.7 Å². The van der Waals surface area contributed by atoms with E-state index < -0.39 is 0 Å². The minimum atomic E-state index is 0.856. The monoisotopic (exact) mass is 112 g/mol. The van der Waals surface area contributed by atoms with Crippen molar-refractivity contribution in [2.24, 2.45) is 5.92 Å². The molecule has 0 aromatic rings. The molecule has 2 heterocycles. The van der Waals surface area contributed by atoms with Crippen molar-refractivity contribution >= 4 is 0 Å². The molecule has 1 unspecified atom stereocenters. The third-order valence-corrected chi connectivity index (χ3v) is 2.39. The second-order valence-corrected chi connectivity index (χ2v) is 2.89. The summed E-state index contributed by atoms with van der Waals surface area (Å²) in [5, 5.41) is 3.35. The first kappa shape index (κ1) is 4.77. The van der Waals surface area contributed by atoms with E-state index in [1.54, 1.807) is 0 Å². The van der Waals surface area contributed by atoms with Crippen molar-refractivity contribution in [3.63, 3.8) is 0 Å². The maximum atomic E-state index is 3.96. The van der Waals surface area contributed by atoms with Crippen molar-refractivity contribution < 1.29 is 4.90 Å². The predicted octanol–water partition coefficient (Wildman–Crippen LogP) is -1.74. The van der Waals surface area contributed by atoms with Gasteiger partial charge in [0.2, 0.25) is 0 Å². The van der Waals surface area contributed by atoms with Crippen molar-refractivity contribution in [1.82, 2.24) is 5.32 Å². The molecule has 0 aromatic heterocycles. The third-order valence-electron chi connectivity index (χ3n) is 2.39. The van der Waals surface area contributed by atoms with Gasteiger partial charge in [-0.1, -0.05) is 0 Å². The lowest BCUT2D eigenvalue weighted by molar-refractivity contribution is -0.932. The molecule has 0 aromatic carbocycles. The Morgan fingerprint density at radius 3 is 2.88 bits per heavy atom. The molecular formula is C6H12N2. The van der Waals surface area contributed by atoms with Crippen LogP contribution in [0.25, 0.3) is 0 Å². The summed E-state index contributed by atoms with van der Waals surface area (Å²) in [6.45, 7) is 3.73. The molecule has 0 radical (unpaired) electrons. The zero-order valence-electron chi connectivity index (χ0n) is 4.98. The lowest BCUT2D eigenvalue weighted by Crippen LogP contribution is -3.20. The van der Waals surface area contributed by atoms with Crippen LogP contribution in [0.15, 0.2) is 0 Å². The van der Waals surface area contributed by atoms with Gasteiger partial charge >= 0.3 is 0 Å². The highest BCUT2D eigenvalue weighted by molar-refractivity contribution is 4.85. The molecule has 0 spiro atoms. The number of hydrogen-bond donors (Lipinski definition) is 2. The lowest BCUT2D eigenvalue weighted by Gasteiger charge is -2.42. The molecule has 2 N–H and O–H groups in total. The molecule has 2 aliphatic rings. The first-order valence-electron chi connectivity index (χ1n) is 3.26. The molecule has 3 atom stereocenters. The van der Waals surface area contributed by atoms with E-state index in [0.717, 1.165) is 12.0 Å². The molecule has 2 nitrogen and oxygen atoms in total. The van der Waals surface area contributed by atoms with Gasteiger partial charge in [-0.15, -0.1) is 0 Å². The van der Waals surface area contributed by atoms with Gasteiger partial charge in [-0.2, -0.15) is 7.05 Å². The number of likely N-dealkylation sites (tertiary alicyclic amines) is 1. The van der Waals surface area contributed by atoms with Crippen LogP contribution in [0.2, 0.25) is 0 Å². The molecule has 0 amide bonds. The zero-order valence-corrected chi connectivity index (χ0v) is 4.98. The van der Waals surface area contributed by atoms with E-state index in [1.165, 1.54) is 24.5 Å². The highest BCUT2D eigenvalue weighted by Gasteiger charge is 2.40. The van der Waals surface area contributed by atoms with E-state index in [1.807, 2.05) is 0 Å². The van der Waals surface area contributed by atoms with Gasteiger partial charge in [0.05, 0.1) is 18.5 Å². The van der Waals surface area contributed by atoms with E-state index in [2.05, 4.69) is 12.4 Å². The summed E-state index contributed by atoms with van der Waals surface area (Å²) in [5.41, 5.74) is 0. The molecule has 0 bridgehead atoms. The Labute approximate surface area is 49.9 Å². The molecule has 0 saturated carbocycles. The second-order valence-electron chi connectivity index (χ2n) is 2.89. The van der Waals surface area contributed by atoms with Crippen LogP contribution in [0.1, 0.15) is 0 Å². The summed E-state index contributed by atoms with van der Waals surface area (Å²) in [5.74, 6) is 0.961. The van der Waals surface area contributed by atoms with Gasteiger partial charge in [0.15, 0.2) is 0 Å². The van der Waals surface area contributed by atoms with Crippen molar-refractivity contribution in [3.05, 3.63) is 7.05 Å². The summed E-state index contributed by atoms with van der Waals surface area (Å²) in [7, 11) is 3.96. The van der Waals surface area contributed by atoms with Gasteiger partial charge in [-0.05, 0) is 0 Å². The first-order chi connectivity index (χ1) is 3.88. The summed E-state index contributed by atoms with van der Waals surface area (Å²) in [6.07, 6.45) is 0. The van der Waals surface area contributed by atoms with Crippen LogP contribution in [0.4, 0.5) is 0 Å². The minimum absolute atomic E-state index is 0.856. The van der Waals surface area contributed by atoms with Crippen molar-refractivity contribution in [3.8, 4) is 0 Å². The van der Waals surface area contributed by atoms with E-state index >= 15 is 0 Å². The van der Waals surface area contributed by atoms with Gasteiger partial charge in [0.1, 0.15) is 0 Å². The van der Waals surface area contributed by atoms with Gasteiger partial charge < -0.3 is 10.2 Å². The van der Waals surface area contributed by atoms with Crippen LogP contribution in [0.3, 0.4) is 0 Å². The van der Waals surface area contributed by atoms with Crippen molar-refractivity contribution in [2.75, 3.05) is 19.6 Å². The Kier molecular flexibility index (Phi) is 0.866. The number of fused-ring (bicyclic) bond motifs is 1. The van der Waals surface area contributed by atoms with Crippen LogP contribution in [-0.2, 0) is 0 Å². The fourth-order valence-electron chi connectivity index (χ4n) is 1.75. The average Bonchev–Trinajstić information content (AvgIpc) is 2.09.